The van der Waals surface area contributed by atoms with Crippen molar-refractivity contribution >= 4 is 58.0 Å². The van der Waals surface area contributed by atoms with Crippen molar-refractivity contribution < 1.29 is 19.2 Å². The highest BCUT2D eigenvalue weighted by Crippen LogP contribution is 2.39. The number of aromatic nitrogens is 6. The first kappa shape index (κ1) is 38.5. The van der Waals surface area contributed by atoms with Crippen LogP contribution in [0.1, 0.15) is 88.5 Å². The van der Waals surface area contributed by atoms with Gasteiger partial charge in [-0.1, -0.05) is 41.1 Å². The minimum absolute atomic E-state index is 0.0639. The number of piperidine rings is 1. The Labute approximate surface area is 332 Å². The number of aryl methyl sites for hydroxylation is 3. The highest BCUT2D eigenvalue weighted by atomic mass is 35.5. The highest BCUT2D eigenvalue weighted by molar-refractivity contribution is 7.15. The van der Waals surface area contributed by atoms with Gasteiger partial charge in [0.2, 0.25) is 23.6 Å². The number of carbonyl (C=O) groups excluding carboxylic acids is 4. The van der Waals surface area contributed by atoms with Crippen molar-refractivity contribution in [2.24, 2.45) is 4.99 Å². The lowest BCUT2D eigenvalue weighted by atomic mass is 9.90. The summed E-state index contributed by atoms with van der Waals surface area (Å²) < 4.78 is 3.75. The Morgan fingerprint density at radius 1 is 0.964 bits per heavy atom. The topological polar surface area (TPSA) is 190 Å². The molecule has 2 aliphatic rings. The van der Waals surface area contributed by atoms with E-state index in [1.165, 1.54) is 4.88 Å². The molecule has 2 aromatic carbocycles. The summed E-state index contributed by atoms with van der Waals surface area (Å²) in [4.78, 5) is 55.7. The molecule has 15 nitrogen and oxygen atoms in total. The Kier molecular flexibility index (Phi) is 11.7. The monoisotopic (exact) mass is 795 g/mol. The molecule has 1 saturated heterocycles. The van der Waals surface area contributed by atoms with Gasteiger partial charge in [-0.05, 0) is 75.4 Å². The molecule has 5 heterocycles. The van der Waals surface area contributed by atoms with Gasteiger partial charge in [0.1, 0.15) is 22.6 Å². The van der Waals surface area contributed by atoms with E-state index >= 15 is 0 Å². The smallest absolute Gasteiger partial charge is 0.239 e. The fourth-order valence-corrected chi connectivity index (χ4v) is 8.15. The summed E-state index contributed by atoms with van der Waals surface area (Å²) in [6.45, 7) is 7.52. The molecule has 5 aromatic rings. The number of aliphatic imine (C=N–C) groups is 1. The molecule has 56 heavy (non-hydrogen) atoms. The summed E-state index contributed by atoms with van der Waals surface area (Å²) >= 11 is 7.88. The molecule has 0 bridgehead atoms. The van der Waals surface area contributed by atoms with Crippen LogP contribution in [-0.2, 0) is 32.3 Å². The predicted octanol–water partition coefficient (Wildman–Crippen LogP) is 4.63. The van der Waals surface area contributed by atoms with Crippen LogP contribution >= 0.6 is 22.9 Å². The van der Waals surface area contributed by atoms with E-state index in [2.05, 4.69) is 55.6 Å². The summed E-state index contributed by atoms with van der Waals surface area (Å²) in [6.07, 6.45) is 4.20. The molecule has 0 aliphatic carbocycles. The fourth-order valence-electron chi connectivity index (χ4n) is 6.81. The Bertz CT molecular complexity index is 2300. The summed E-state index contributed by atoms with van der Waals surface area (Å²) in [5, 5.41) is 30.3. The van der Waals surface area contributed by atoms with Crippen LogP contribution in [0.4, 0.5) is 5.69 Å². The molecule has 4 amide bonds. The third-order valence-corrected chi connectivity index (χ3v) is 11.4. The van der Waals surface area contributed by atoms with Crippen molar-refractivity contribution in [3.05, 3.63) is 104 Å². The van der Waals surface area contributed by atoms with E-state index in [0.29, 0.717) is 42.5 Å². The minimum Gasteiger partial charge on any atom is -0.376 e. The molecule has 0 radical (unpaired) electrons. The van der Waals surface area contributed by atoms with Crippen LogP contribution in [0.3, 0.4) is 0 Å². The normalized spacial score (nSPS) is 16.3. The largest absolute Gasteiger partial charge is 0.376 e. The lowest BCUT2D eigenvalue weighted by Gasteiger charge is -2.21. The third-order valence-electron chi connectivity index (χ3n) is 9.93. The molecular weight excluding hydrogens is 754 g/mol. The molecule has 3 aromatic heterocycles. The maximum atomic E-state index is 13.4. The standard InChI is InChI=1S/C39H42ClN11O4S/c1-22-23(2)56-39-35(22)36(26-6-10-27(40)11-7-26)44-31(37-48-46-24(3)51(37)39)18-33(53)43-19-29-21-50(49-47-29)17-5-4-16-41-34(54)20-42-28-12-8-25(9-13-28)30-14-15-32(52)45-38(30)55/h6-13,21,30-31,42H,4-5,14-20H2,1-3H3,(H,41,54)(H,43,53)(H,45,52,55)/t30?,31-/m0/s1. The number of rotatable bonds is 14. The van der Waals surface area contributed by atoms with Crippen molar-refractivity contribution in [1.82, 2.24) is 45.7 Å². The van der Waals surface area contributed by atoms with Gasteiger partial charge in [0, 0.05) is 46.2 Å². The second-order valence-corrected chi connectivity index (χ2v) is 15.5. The number of amides is 4. The summed E-state index contributed by atoms with van der Waals surface area (Å²) in [5.74, 6) is 0.139. The zero-order chi connectivity index (χ0) is 39.3. The SMILES string of the molecule is Cc1sc2c(c1C)C(c1ccc(Cl)cc1)=N[C@@H](CC(=O)NCc1cn(CCCCNC(=O)CNc3ccc(C4CCC(=O)NC4=O)cc3)nn1)c1nnc(C)n1-2. The van der Waals surface area contributed by atoms with Crippen LogP contribution in [0.2, 0.25) is 5.02 Å². The number of imide groups is 1. The van der Waals surface area contributed by atoms with Crippen LogP contribution in [0.15, 0.2) is 59.7 Å². The van der Waals surface area contributed by atoms with Crippen molar-refractivity contribution in [2.75, 3.05) is 18.4 Å². The Balaban J connectivity index is 0.863. The highest BCUT2D eigenvalue weighted by Gasteiger charge is 2.32. The molecule has 7 rings (SSSR count). The van der Waals surface area contributed by atoms with Gasteiger partial charge in [-0.2, -0.15) is 0 Å². The van der Waals surface area contributed by atoms with Gasteiger partial charge in [0.15, 0.2) is 5.82 Å². The predicted molar refractivity (Wildman–Crippen MR) is 212 cm³/mol. The summed E-state index contributed by atoms with van der Waals surface area (Å²) in [7, 11) is 0. The van der Waals surface area contributed by atoms with Crippen molar-refractivity contribution in [3.8, 4) is 5.00 Å². The van der Waals surface area contributed by atoms with Gasteiger partial charge in [-0.15, -0.1) is 26.6 Å². The number of benzene rings is 2. The average molecular weight is 796 g/mol. The number of hydrogen-bond acceptors (Lipinski definition) is 11. The van der Waals surface area contributed by atoms with Gasteiger partial charge in [-0.25, -0.2) is 0 Å². The van der Waals surface area contributed by atoms with Gasteiger partial charge in [0.05, 0.1) is 37.3 Å². The van der Waals surface area contributed by atoms with E-state index in [0.717, 1.165) is 57.3 Å². The van der Waals surface area contributed by atoms with Crippen LogP contribution in [0.5, 0.6) is 0 Å². The van der Waals surface area contributed by atoms with E-state index in [9.17, 15) is 19.2 Å². The molecule has 2 atom stereocenters. The molecule has 17 heteroatoms. The van der Waals surface area contributed by atoms with E-state index in [4.69, 9.17) is 16.6 Å². The van der Waals surface area contributed by atoms with Crippen LogP contribution in [0.25, 0.3) is 5.00 Å². The molecule has 1 unspecified atom stereocenters. The number of hydrogen-bond donors (Lipinski definition) is 4. The number of halogens is 1. The summed E-state index contributed by atoms with van der Waals surface area (Å²) in [5.41, 5.74) is 6.05. The number of nitrogens with one attached hydrogen (secondary N) is 4. The van der Waals surface area contributed by atoms with E-state index in [1.807, 2.05) is 60.0 Å². The zero-order valence-electron chi connectivity index (χ0n) is 31.3. The Hall–Kier alpha value is -5.74. The van der Waals surface area contributed by atoms with Crippen LogP contribution in [0, 0.1) is 20.8 Å². The van der Waals surface area contributed by atoms with Crippen molar-refractivity contribution in [2.45, 2.75) is 77.9 Å². The maximum absolute atomic E-state index is 13.4. The first-order valence-electron chi connectivity index (χ1n) is 18.5. The first-order valence-corrected chi connectivity index (χ1v) is 19.7. The van der Waals surface area contributed by atoms with Gasteiger partial charge in [0.25, 0.3) is 0 Å². The first-order chi connectivity index (χ1) is 27.0. The van der Waals surface area contributed by atoms with E-state index in [1.54, 1.807) is 22.2 Å². The average Bonchev–Trinajstić information content (AvgIpc) is 3.86. The number of unbranched alkanes of at least 4 members (excludes halogenated alkanes) is 1. The Morgan fingerprint density at radius 3 is 2.52 bits per heavy atom. The second-order valence-electron chi connectivity index (χ2n) is 13.9. The molecule has 0 spiro atoms. The summed E-state index contributed by atoms with van der Waals surface area (Å²) in [6, 6.07) is 14.3. The van der Waals surface area contributed by atoms with Gasteiger partial charge >= 0.3 is 0 Å². The maximum Gasteiger partial charge on any atom is 0.239 e. The quantitative estimate of drug-likeness (QED) is 0.0918. The lowest BCUT2D eigenvalue weighted by Crippen LogP contribution is -2.39. The van der Waals surface area contributed by atoms with E-state index < -0.39 is 6.04 Å². The minimum atomic E-state index is -0.577. The van der Waals surface area contributed by atoms with Crippen molar-refractivity contribution in [1.29, 1.82) is 0 Å². The number of anilines is 1. The Morgan fingerprint density at radius 2 is 1.75 bits per heavy atom. The number of fused-ring (bicyclic) bond motifs is 3. The molecule has 290 valence electrons. The van der Waals surface area contributed by atoms with Crippen molar-refractivity contribution in [3.63, 3.8) is 0 Å². The van der Waals surface area contributed by atoms with E-state index in [-0.39, 0.29) is 49.1 Å². The molecule has 1 fully saturated rings. The van der Waals surface area contributed by atoms with Gasteiger partial charge in [-0.3, -0.25) is 38.7 Å². The van der Waals surface area contributed by atoms with Gasteiger partial charge < -0.3 is 16.0 Å². The molecule has 4 N–H and O–H groups in total. The number of nitrogens with zero attached hydrogens (tertiary/aromatic N) is 7. The number of carbonyl (C=O) groups is 4. The molecule has 2 aliphatic heterocycles. The second kappa shape index (κ2) is 17.0. The van der Waals surface area contributed by atoms with Crippen LogP contribution in [-0.4, -0.2) is 72.2 Å². The molecular formula is C39H42ClN11O4S. The fraction of sp³-hybridized carbons (Fsp3) is 0.359. The third kappa shape index (κ3) is 8.71. The van der Waals surface area contributed by atoms with Crippen LogP contribution < -0.4 is 21.3 Å². The lowest BCUT2D eigenvalue weighted by molar-refractivity contribution is -0.134. The molecule has 0 saturated carbocycles. The number of thiophene rings is 1. The zero-order valence-corrected chi connectivity index (χ0v) is 32.8.